The van der Waals surface area contributed by atoms with Crippen LogP contribution in [0.15, 0.2) is 36.5 Å². The Labute approximate surface area is 175 Å². The SMILES string of the molecule is Cc1ccc(C)n2cc(C(=O)N3CCN(c4ccc5c(c4)CCC(=O)N5)CC3)nc12. The fraction of sp³-hybridized carbons (Fsp3) is 0.348. The molecule has 1 fully saturated rings. The molecule has 4 heterocycles. The van der Waals surface area contributed by atoms with Crippen LogP contribution in [0.4, 0.5) is 11.4 Å². The zero-order chi connectivity index (χ0) is 20.8. The summed E-state index contributed by atoms with van der Waals surface area (Å²) in [5.74, 6) is 0.0741. The van der Waals surface area contributed by atoms with Gasteiger partial charge < -0.3 is 19.5 Å². The molecular weight excluding hydrogens is 378 g/mol. The summed E-state index contributed by atoms with van der Waals surface area (Å²) in [6.45, 7) is 6.92. The lowest BCUT2D eigenvalue weighted by Gasteiger charge is -2.36. The number of carbonyl (C=O) groups excluding carboxylic acids is 2. The number of rotatable bonds is 2. The Hall–Kier alpha value is -3.35. The maximum Gasteiger partial charge on any atom is 0.274 e. The van der Waals surface area contributed by atoms with E-state index in [9.17, 15) is 9.59 Å². The summed E-state index contributed by atoms with van der Waals surface area (Å²) in [4.78, 5) is 33.4. The number of aryl methyl sites for hydroxylation is 3. The maximum atomic E-state index is 13.0. The van der Waals surface area contributed by atoms with E-state index in [1.54, 1.807) is 0 Å². The predicted octanol–water partition coefficient (Wildman–Crippen LogP) is 2.80. The largest absolute Gasteiger partial charge is 0.368 e. The van der Waals surface area contributed by atoms with Gasteiger partial charge in [-0.05, 0) is 55.7 Å². The van der Waals surface area contributed by atoms with Crippen molar-refractivity contribution in [3.63, 3.8) is 0 Å². The first-order chi connectivity index (χ1) is 14.5. The number of piperazine rings is 1. The van der Waals surface area contributed by atoms with E-state index in [1.165, 1.54) is 5.56 Å². The lowest BCUT2D eigenvalue weighted by atomic mass is 10.0. The minimum atomic E-state index is -0.00898. The van der Waals surface area contributed by atoms with Gasteiger partial charge in [-0.25, -0.2) is 4.98 Å². The third-order valence-electron chi connectivity index (χ3n) is 6.15. The van der Waals surface area contributed by atoms with Gasteiger partial charge in [0.2, 0.25) is 5.91 Å². The summed E-state index contributed by atoms with van der Waals surface area (Å²) < 4.78 is 1.99. The Morgan fingerprint density at radius 3 is 2.60 bits per heavy atom. The second-order valence-electron chi connectivity index (χ2n) is 8.15. The first kappa shape index (κ1) is 18.7. The van der Waals surface area contributed by atoms with Crippen LogP contribution >= 0.6 is 0 Å². The van der Waals surface area contributed by atoms with Gasteiger partial charge in [-0.3, -0.25) is 9.59 Å². The van der Waals surface area contributed by atoms with Crippen molar-refractivity contribution in [1.29, 1.82) is 0 Å². The number of benzene rings is 1. The minimum Gasteiger partial charge on any atom is -0.368 e. The van der Waals surface area contributed by atoms with Crippen LogP contribution in [0, 0.1) is 13.8 Å². The Kier molecular flexibility index (Phi) is 4.46. The summed E-state index contributed by atoms with van der Waals surface area (Å²) in [6, 6.07) is 10.3. The molecule has 0 aliphatic carbocycles. The molecule has 0 radical (unpaired) electrons. The number of nitrogens with zero attached hydrogens (tertiary/aromatic N) is 4. The fourth-order valence-electron chi connectivity index (χ4n) is 4.33. The normalized spacial score (nSPS) is 16.5. The Bertz CT molecular complexity index is 1120. The number of hydrogen-bond acceptors (Lipinski definition) is 4. The topological polar surface area (TPSA) is 70.0 Å². The minimum absolute atomic E-state index is 0.00898. The van der Waals surface area contributed by atoms with E-state index in [-0.39, 0.29) is 11.8 Å². The lowest BCUT2D eigenvalue weighted by molar-refractivity contribution is -0.116. The number of anilines is 2. The standard InChI is InChI=1S/C23H25N5O2/c1-15-3-4-16(2)28-14-20(25-22(15)28)23(30)27-11-9-26(10-12-27)18-6-7-19-17(13-18)5-8-21(29)24-19/h3-4,6-7,13-14H,5,8-12H2,1-2H3,(H,24,29). The molecule has 2 aliphatic heterocycles. The summed E-state index contributed by atoms with van der Waals surface area (Å²) >= 11 is 0. The zero-order valence-electron chi connectivity index (χ0n) is 17.3. The Morgan fingerprint density at radius 2 is 1.83 bits per heavy atom. The smallest absolute Gasteiger partial charge is 0.274 e. The zero-order valence-corrected chi connectivity index (χ0v) is 17.3. The van der Waals surface area contributed by atoms with Crippen LogP contribution < -0.4 is 10.2 Å². The van der Waals surface area contributed by atoms with Crippen molar-refractivity contribution in [2.45, 2.75) is 26.7 Å². The summed E-state index contributed by atoms with van der Waals surface area (Å²) in [6.07, 6.45) is 3.17. The van der Waals surface area contributed by atoms with Crippen molar-refractivity contribution in [2.24, 2.45) is 0 Å². The predicted molar refractivity (Wildman–Crippen MR) is 116 cm³/mol. The molecule has 2 aliphatic rings. The van der Waals surface area contributed by atoms with E-state index in [2.05, 4.69) is 27.3 Å². The molecule has 1 saturated heterocycles. The van der Waals surface area contributed by atoms with Gasteiger partial charge in [0.1, 0.15) is 11.3 Å². The first-order valence-corrected chi connectivity index (χ1v) is 10.4. The van der Waals surface area contributed by atoms with Crippen LogP contribution in [-0.2, 0) is 11.2 Å². The molecule has 0 saturated carbocycles. The molecule has 3 aromatic rings. The first-order valence-electron chi connectivity index (χ1n) is 10.4. The van der Waals surface area contributed by atoms with Crippen LogP contribution in [0.25, 0.3) is 5.65 Å². The number of hydrogen-bond donors (Lipinski definition) is 1. The third kappa shape index (κ3) is 3.20. The van der Waals surface area contributed by atoms with Crippen LogP contribution in [0.5, 0.6) is 0 Å². The van der Waals surface area contributed by atoms with Crippen LogP contribution in [0.2, 0.25) is 0 Å². The molecule has 7 heteroatoms. The van der Waals surface area contributed by atoms with E-state index < -0.39 is 0 Å². The van der Waals surface area contributed by atoms with E-state index in [0.717, 1.165) is 47.8 Å². The average molecular weight is 403 g/mol. The molecule has 154 valence electrons. The summed E-state index contributed by atoms with van der Waals surface area (Å²) in [5.41, 5.74) is 6.73. The molecule has 2 aromatic heterocycles. The van der Waals surface area contributed by atoms with Crippen molar-refractivity contribution in [3.8, 4) is 0 Å². The van der Waals surface area contributed by atoms with Crippen LogP contribution in [0.3, 0.4) is 0 Å². The number of fused-ring (bicyclic) bond motifs is 2. The highest BCUT2D eigenvalue weighted by atomic mass is 16.2. The second kappa shape index (κ2) is 7.16. The summed E-state index contributed by atoms with van der Waals surface area (Å²) in [5, 5.41) is 2.93. The number of nitrogens with one attached hydrogen (secondary N) is 1. The second-order valence-corrected chi connectivity index (χ2v) is 8.15. The van der Waals surface area contributed by atoms with Crippen LogP contribution in [-0.4, -0.2) is 52.3 Å². The molecule has 5 rings (SSSR count). The molecule has 7 nitrogen and oxygen atoms in total. The quantitative estimate of drug-likeness (QED) is 0.714. The maximum absolute atomic E-state index is 13.0. The van der Waals surface area contributed by atoms with Crippen molar-refractivity contribution >= 4 is 28.8 Å². The van der Waals surface area contributed by atoms with E-state index >= 15 is 0 Å². The molecule has 1 aromatic carbocycles. The number of amides is 2. The van der Waals surface area contributed by atoms with Crippen molar-refractivity contribution < 1.29 is 9.59 Å². The van der Waals surface area contributed by atoms with Gasteiger partial charge in [0.15, 0.2) is 0 Å². The van der Waals surface area contributed by atoms with Crippen LogP contribution in [0.1, 0.15) is 33.7 Å². The van der Waals surface area contributed by atoms with E-state index in [0.29, 0.717) is 25.2 Å². The molecule has 2 amide bonds. The van der Waals surface area contributed by atoms with Gasteiger partial charge >= 0.3 is 0 Å². The fourth-order valence-corrected chi connectivity index (χ4v) is 4.33. The number of carbonyl (C=O) groups is 2. The van der Waals surface area contributed by atoms with E-state index in [4.69, 9.17) is 0 Å². The van der Waals surface area contributed by atoms with Crippen molar-refractivity contribution in [3.05, 3.63) is 59.0 Å². The molecule has 0 unspecified atom stereocenters. The average Bonchev–Trinajstić information content (AvgIpc) is 3.22. The lowest BCUT2D eigenvalue weighted by Crippen LogP contribution is -2.49. The molecule has 0 bridgehead atoms. The third-order valence-corrected chi connectivity index (χ3v) is 6.15. The van der Waals surface area contributed by atoms with Gasteiger partial charge in [-0.15, -0.1) is 0 Å². The molecule has 0 atom stereocenters. The molecular formula is C23H25N5O2. The molecule has 30 heavy (non-hydrogen) atoms. The van der Waals surface area contributed by atoms with Gasteiger partial charge in [0.05, 0.1) is 0 Å². The number of imidazole rings is 1. The monoisotopic (exact) mass is 403 g/mol. The van der Waals surface area contributed by atoms with E-state index in [1.807, 2.05) is 47.5 Å². The highest BCUT2D eigenvalue weighted by molar-refractivity contribution is 5.94. The Balaban J connectivity index is 1.29. The van der Waals surface area contributed by atoms with Gasteiger partial charge in [0.25, 0.3) is 5.91 Å². The number of pyridine rings is 1. The Morgan fingerprint density at radius 1 is 1.03 bits per heavy atom. The van der Waals surface area contributed by atoms with Crippen molar-refractivity contribution in [1.82, 2.24) is 14.3 Å². The number of aromatic nitrogens is 2. The highest BCUT2D eigenvalue weighted by Gasteiger charge is 2.25. The van der Waals surface area contributed by atoms with Crippen molar-refractivity contribution in [2.75, 3.05) is 36.4 Å². The van der Waals surface area contributed by atoms with Gasteiger partial charge in [-0.1, -0.05) is 6.07 Å². The molecule has 1 N–H and O–H groups in total. The highest BCUT2D eigenvalue weighted by Crippen LogP contribution is 2.28. The van der Waals surface area contributed by atoms with Gasteiger partial charge in [0, 0.05) is 55.9 Å². The van der Waals surface area contributed by atoms with Gasteiger partial charge in [-0.2, -0.15) is 0 Å². The summed E-state index contributed by atoms with van der Waals surface area (Å²) in [7, 11) is 0. The molecule has 0 spiro atoms.